The number of nitrogens with zero attached hydrogens (tertiary/aromatic N) is 1. The van der Waals surface area contributed by atoms with Crippen LogP contribution in [0, 0.1) is 11.3 Å². The molecule has 2 N–H and O–H groups in total. The Bertz CT molecular complexity index is 706. The first-order valence-electron chi connectivity index (χ1n) is 9.33. The fourth-order valence-corrected chi connectivity index (χ4v) is 3.72. The van der Waals surface area contributed by atoms with E-state index in [0.717, 1.165) is 32.1 Å². The number of carboxylic acid groups (broad SMARTS) is 1. The van der Waals surface area contributed by atoms with Crippen LogP contribution in [-0.2, 0) is 9.59 Å². The number of hydrogen-bond donors (Lipinski definition) is 2. The van der Waals surface area contributed by atoms with Crippen LogP contribution >= 0.6 is 0 Å². The van der Waals surface area contributed by atoms with Crippen molar-refractivity contribution in [1.29, 1.82) is 0 Å². The Morgan fingerprint density at radius 1 is 1.15 bits per heavy atom. The van der Waals surface area contributed by atoms with E-state index in [-0.39, 0.29) is 24.3 Å². The molecule has 1 aromatic rings. The molecule has 2 saturated carbocycles. The molecule has 140 valence electrons. The van der Waals surface area contributed by atoms with Gasteiger partial charge < -0.3 is 15.3 Å². The Hall–Kier alpha value is -2.37. The van der Waals surface area contributed by atoms with Crippen LogP contribution in [0.4, 0.5) is 5.69 Å². The van der Waals surface area contributed by atoms with Crippen LogP contribution in [0.1, 0.15) is 55.3 Å². The minimum atomic E-state index is -0.876. The van der Waals surface area contributed by atoms with Crippen molar-refractivity contribution in [3.63, 3.8) is 0 Å². The molecule has 1 aromatic carbocycles. The summed E-state index contributed by atoms with van der Waals surface area (Å²) >= 11 is 0. The van der Waals surface area contributed by atoms with Gasteiger partial charge in [0.25, 0.3) is 5.91 Å². The lowest BCUT2D eigenvalue weighted by molar-refractivity contribution is -0.150. The predicted molar refractivity (Wildman–Crippen MR) is 98.1 cm³/mol. The molecule has 2 aliphatic rings. The Labute approximate surface area is 153 Å². The van der Waals surface area contributed by atoms with E-state index in [2.05, 4.69) is 5.32 Å². The summed E-state index contributed by atoms with van der Waals surface area (Å²) in [5.74, 6) is -1.08. The van der Waals surface area contributed by atoms with Gasteiger partial charge in [0, 0.05) is 19.5 Å². The van der Waals surface area contributed by atoms with Crippen molar-refractivity contribution in [1.82, 2.24) is 5.32 Å². The highest BCUT2D eigenvalue weighted by molar-refractivity contribution is 6.05. The molecular weight excluding hydrogens is 332 g/mol. The van der Waals surface area contributed by atoms with E-state index >= 15 is 0 Å². The zero-order chi connectivity index (χ0) is 18.7. The number of benzene rings is 1. The summed E-state index contributed by atoms with van der Waals surface area (Å²) in [5.41, 5.74) is 0.0914. The van der Waals surface area contributed by atoms with Gasteiger partial charge in [-0.05, 0) is 37.8 Å². The fourth-order valence-electron chi connectivity index (χ4n) is 3.72. The number of carbonyl (C=O) groups excluding carboxylic acids is 2. The number of anilines is 1. The monoisotopic (exact) mass is 358 g/mol. The number of hydrogen-bond acceptors (Lipinski definition) is 3. The summed E-state index contributed by atoms with van der Waals surface area (Å²) < 4.78 is 0. The van der Waals surface area contributed by atoms with Gasteiger partial charge in [-0.2, -0.15) is 0 Å². The van der Waals surface area contributed by atoms with Gasteiger partial charge in [0.05, 0.1) is 16.7 Å². The third kappa shape index (κ3) is 3.74. The zero-order valence-electron chi connectivity index (χ0n) is 15.2. The molecule has 0 aromatic heterocycles. The molecule has 0 atom stereocenters. The molecule has 0 unspecified atom stereocenters. The van der Waals surface area contributed by atoms with E-state index in [9.17, 15) is 19.5 Å². The summed E-state index contributed by atoms with van der Waals surface area (Å²) in [6, 6.07) is 6.97. The van der Waals surface area contributed by atoms with Crippen LogP contribution in [0.3, 0.4) is 0 Å². The SMILES string of the molecule is CN(C(=O)C1CC1)c1ccccc1C(=O)NCC1(C(=O)O)CCCCC1. The van der Waals surface area contributed by atoms with Crippen molar-refractivity contribution in [2.45, 2.75) is 44.9 Å². The Morgan fingerprint density at radius 2 is 1.81 bits per heavy atom. The van der Waals surface area contributed by atoms with Crippen LogP contribution < -0.4 is 10.2 Å². The average Bonchev–Trinajstić information content (AvgIpc) is 3.51. The van der Waals surface area contributed by atoms with Crippen molar-refractivity contribution in [3.05, 3.63) is 29.8 Å². The lowest BCUT2D eigenvalue weighted by Crippen LogP contribution is -2.44. The minimum Gasteiger partial charge on any atom is -0.481 e. The standard InChI is InChI=1S/C20H26N2O4/c1-22(18(24)14-9-10-14)16-8-4-3-7-15(16)17(23)21-13-20(19(25)26)11-5-2-6-12-20/h3-4,7-8,14H,2,5-6,9-13H2,1H3,(H,21,23)(H,25,26). The van der Waals surface area contributed by atoms with Crippen molar-refractivity contribution >= 4 is 23.5 Å². The van der Waals surface area contributed by atoms with Crippen LogP contribution in [0.25, 0.3) is 0 Å². The topological polar surface area (TPSA) is 86.7 Å². The lowest BCUT2D eigenvalue weighted by Gasteiger charge is -2.33. The predicted octanol–water partition coefficient (Wildman–Crippen LogP) is 2.82. The molecule has 2 fully saturated rings. The van der Waals surface area contributed by atoms with Gasteiger partial charge in [-0.15, -0.1) is 0 Å². The fraction of sp³-hybridized carbons (Fsp3) is 0.550. The molecule has 6 nitrogen and oxygen atoms in total. The molecule has 6 heteroatoms. The summed E-state index contributed by atoms with van der Waals surface area (Å²) in [4.78, 5) is 38.4. The smallest absolute Gasteiger partial charge is 0.311 e. The van der Waals surface area contributed by atoms with Gasteiger partial charge in [-0.3, -0.25) is 14.4 Å². The summed E-state index contributed by atoms with van der Waals surface area (Å²) in [7, 11) is 1.69. The van der Waals surface area contributed by atoms with E-state index < -0.39 is 11.4 Å². The first-order chi connectivity index (χ1) is 12.4. The Morgan fingerprint density at radius 3 is 2.42 bits per heavy atom. The zero-order valence-corrected chi connectivity index (χ0v) is 15.2. The van der Waals surface area contributed by atoms with E-state index in [1.165, 1.54) is 0 Å². The maximum Gasteiger partial charge on any atom is 0.311 e. The summed E-state index contributed by atoms with van der Waals surface area (Å²) in [6.07, 6.45) is 5.76. The normalized spacial score (nSPS) is 18.8. The molecule has 0 saturated heterocycles. The number of carboxylic acids is 1. The first-order valence-corrected chi connectivity index (χ1v) is 9.33. The van der Waals surface area contributed by atoms with Crippen molar-refractivity contribution in [3.8, 4) is 0 Å². The van der Waals surface area contributed by atoms with Gasteiger partial charge in [0.2, 0.25) is 5.91 Å². The maximum absolute atomic E-state index is 12.7. The lowest BCUT2D eigenvalue weighted by atomic mass is 9.74. The van der Waals surface area contributed by atoms with Crippen molar-refractivity contribution in [2.75, 3.05) is 18.5 Å². The highest BCUT2D eigenvalue weighted by atomic mass is 16.4. The third-order valence-corrected chi connectivity index (χ3v) is 5.62. The van der Waals surface area contributed by atoms with Crippen LogP contribution in [0.5, 0.6) is 0 Å². The van der Waals surface area contributed by atoms with E-state index in [0.29, 0.717) is 24.1 Å². The highest BCUT2D eigenvalue weighted by Crippen LogP contribution is 2.36. The average molecular weight is 358 g/mol. The second-order valence-electron chi connectivity index (χ2n) is 7.52. The van der Waals surface area contributed by atoms with Crippen LogP contribution in [0.2, 0.25) is 0 Å². The van der Waals surface area contributed by atoms with Gasteiger partial charge in [0.15, 0.2) is 0 Å². The number of nitrogens with one attached hydrogen (secondary N) is 1. The van der Waals surface area contributed by atoms with Gasteiger partial charge in [-0.25, -0.2) is 0 Å². The molecule has 0 aliphatic heterocycles. The summed E-state index contributed by atoms with van der Waals surface area (Å²) in [6.45, 7) is 0.121. The molecule has 3 rings (SSSR count). The molecule has 2 aliphatic carbocycles. The van der Waals surface area contributed by atoms with Gasteiger partial charge >= 0.3 is 5.97 Å². The molecule has 2 amide bonds. The summed E-state index contributed by atoms with van der Waals surface area (Å²) in [5, 5.41) is 12.5. The number of rotatable bonds is 6. The van der Waals surface area contributed by atoms with E-state index in [4.69, 9.17) is 0 Å². The largest absolute Gasteiger partial charge is 0.481 e. The molecule has 0 bridgehead atoms. The Balaban J connectivity index is 1.73. The quantitative estimate of drug-likeness (QED) is 0.819. The van der Waals surface area contributed by atoms with Crippen LogP contribution in [0.15, 0.2) is 24.3 Å². The second-order valence-corrected chi connectivity index (χ2v) is 7.52. The van der Waals surface area contributed by atoms with Gasteiger partial charge in [-0.1, -0.05) is 31.4 Å². The maximum atomic E-state index is 12.7. The van der Waals surface area contributed by atoms with E-state index in [1.54, 1.807) is 36.2 Å². The molecule has 0 spiro atoms. The number of para-hydroxylation sites is 1. The molecule has 0 heterocycles. The highest BCUT2D eigenvalue weighted by Gasteiger charge is 2.40. The molecule has 26 heavy (non-hydrogen) atoms. The number of carbonyl (C=O) groups is 3. The second kappa shape index (κ2) is 7.48. The van der Waals surface area contributed by atoms with Crippen molar-refractivity contribution < 1.29 is 19.5 Å². The molecular formula is C20H26N2O4. The number of aliphatic carboxylic acids is 1. The number of amides is 2. The minimum absolute atomic E-state index is 0.0273. The van der Waals surface area contributed by atoms with Crippen molar-refractivity contribution in [2.24, 2.45) is 11.3 Å². The molecule has 0 radical (unpaired) electrons. The van der Waals surface area contributed by atoms with Gasteiger partial charge in [0.1, 0.15) is 0 Å². The Kier molecular flexibility index (Phi) is 5.30. The third-order valence-electron chi connectivity index (χ3n) is 5.62. The first kappa shape index (κ1) is 18.4. The van der Waals surface area contributed by atoms with Crippen LogP contribution in [-0.4, -0.2) is 36.5 Å². The van der Waals surface area contributed by atoms with E-state index in [1.807, 2.05) is 0 Å².